The molecule has 14 aromatic heterocycles. The summed E-state index contributed by atoms with van der Waals surface area (Å²) in [6.07, 6.45) is 79.5. The van der Waals surface area contributed by atoms with Crippen molar-refractivity contribution < 1.29 is 51.1 Å². The van der Waals surface area contributed by atoms with Crippen LogP contribution in [0.5, 0.6) is 0 Å². The van der Waals surface area contributed by atoms with Crippen LogP contribution in [0.4, 0.5) is 0 Å². The molecular weight excluding hydrogens is 1930 g/mol. The summed E-state index contributed by atoms with van der Waals surface area (Å²) in [5.41, 5.74) is 24.0. The van der Waals surface area contributed by atoms with E-state index in [1.807, 2.05) is 103 Å². The average Bonchev–Trinajstić information content (AvgIpc) is 1.65. The fourth-order valence-electron chi connectivity index (χ4n) is 25.8. The van der Waals surface area contributed by atoms with Crippen molar-refractivity contribution in [3.05, 3.63) is 251 Å². The number of hydrogen-bond donors (Lipinski definition) is 10. The van der Waals surface area contributed by atoms with Crippen LogP contribution in [0.2, 0.25) is 0 Å². The zero-order valence-electron chi connectivity index (χ0n) is 86.6. The number of hydrogen-bond acceptors (Lipinski definition) is 17. The maximum Gasteiger partial charge on any atom is 0.0995 e. The molecule has 12 fully saturated rings. The van der Waals surface area contributed by atoms with Crippen molar-refractivity contribution in [3.63, 3.8) is 0 Å². The lowest BCUT2D eigenvalue weighted by Gasteiger charge is -2.31. The van der Waals surface area contributed by atoms with Gasteiger partial charge in [0.05, 0.1) is 204 Å². The first-order valence-corrected chi connectivity index (χ1v) is 55.2. The molecule has 14 aromatic rings. The molecule has 24 nitrogen and oxygen atoms in total. The molecule has 0 amide bonds. The number of aliphatic hydroxyl groups excluding tert-OH is 10. The molecule has 147 heavy (non-hydrogen) atoms. The van der Waals surface area contributed by atoms with Crippen molar-refractivity contribution in [3.8, 4) is 0 Å². The summed E-state index contributed by atoms with van der Waals surface area (Å²) in [7, 11) is 0. The maximum absolute atomic E-state index is 11.0. The Morgan fingerprint density at radius 1 is 0.272 bits per heavy atom. The molecule has 10 N–H and O–H groups in total. The van der Waals surface area contributed by atoms with E-state index in [2.05, 4.69) is 144 Å². The molecule has 26 rings (SSSR count). The number of pyridine rings is 7. The fraction of sp³-hybridized carbons (Fsp3) is 0.585. The Kier molecular flexibility index (Phi) is 40.2. The van der Waals surface area contributed by atoms with Crippen molar-refractivity contribution in [1.29, 1.82) is 0 Å². The highest BCUT2D eigenvalue weighted by Crippen LogP contribution is 2.53. The quantitative estimate of drug-likeness (QED) is 0.0319. The maximum atomic E-state index is 11.0. The number of fused-ring (bicyclic) bond motifs is 7. The molecule has 3 unspecified atom stereocenters. The van der Waals surface area contributed by atoms with Gasteiger partial charge in [0.25, 0.3) is 0 Å². The van der Waals surface area contributed by atoms with Crippen LogP contribution in [0.25, 0.3) is 38.6 Å². The standard InChI is InChI=1S/C18H24N2O.3C17H22N2O2.C17H22N2O.C17H24N2O.C15H20N2O.5H2S/c21-17(10-13-4-2-1-3-5-13)18-15(14-6-7-14)8-9-20-12-19-11-16(18)20;2*20-14-6-3-12(4-7-14)17(21)16-15(11-1-2-11)8-5-13-9-18-10-19(13)16;20-14-3-1-2-12(8-14)17(21)16-15(11-4-5-11)7-6-13-9-18-10-19(13)16;20-17(13-4-2-1-3-5-13)16-14(12-6-7-12)8-9-19-11-18-10-15(16)19;1-12(2)14-8-9-19-11-18-10-15(19)16(14)17(20)13-6-4-3-5-7-13;1-11-7-8-17-10-16-9-13(17)14(11)15(18)12-5-3-2-4-6-12;;;;;/h8-9,11-14,17,21H,1-7,10H2;2*5,8-12,14,17,20-21H,1-4,6-7H2;6-7,9-12,14,17,20-21H,1-5,8H2;8-13,17,20H,1-7H2;8-13,17,20H,3-7H2,1-2H3;7-10,12,15,18H,2-6H2,1H3;5*1H2/t17-;2*12?,14?,17-;;2*17-;15-;;;;;/m000.000...../s1. The molecule has 0 bridgehead atoms. The minimum absolute atomic E-state index is 0. The molecule has 0 saturated heterocycles. The molecule has 0 radical (unpaired) electrons. The summed E-state index contributed by atoms with van der Waals surface area (Å²) in [5.74, 6) is 6.16. The zero-order valence-corrected chi connectivity index (χ0v) is 91.6. The van der Waals surface area contributed by atoms with Crippen molar-refractivity contribution in [2.24, 2.45) is 41.4 Å². The first-order chi connectivity index (χ1) is 69.3. The Morgan fingerprint density at radius 2 is 0.578 bits per heavy atom. The molecule has 0 aromatic carbocycles. The van der Waals surface area contributed by atoms with E-state index in [4.69, 9.17) is 0 Å². The first kappa shape index (κ1) is 113. The zero-order chi connectivity index (χ0) is 97.6. The van der Waals surface area contributed by atoms with Crippen LogP contribution in [-0.4, -0.2) is 135 Å². The minimum Gasteiger partial charge on any atom is -0.393 e. The van der Waals surface area contributed by atoms with Gasteiger partial charge in [0, 0.05) is 47.0 Å². The minimum atomic E-state index is -0.506. The molecule has 9 atom stereocenters. The monoisotopic (exact) mass is 2100 g/mol. The van der Waals surface area contributed by atoms with Gasteiger partial charge in [-0.3, -0.25) is 0 Å². The number of aromatic nitrogens is 14. The molecule has 14 heterocycles. The van der Waals surface area contributed by atoms with Gasteiger partial charge < -0.3 is 81.9 Å². The normalized spacial score (nSPS) is 23.0. The third-order valence-electron chi connectivity index (χ3n) is 34.7. The summed E-state index contributed by atoms with van der Waals surface area (Å²) < 4.78 is 14.3. The molecule has 0 spiro atoms. The number of imidazole rings is 7. The van der Waals surface area contributed by atoms with Gasteiger partial charge in [-0.2, -0.15) is 67.5 Å². The predicted molar refractivity (Wildman–Crippen MR) is 606 cm³/mol. The second-order valence-electron chi connectivity index (χ2n) is 45.2. The van der Waals surface area contributed by atoms with Gasteiger partial charge in [-0.25, -0.2) is 34.9 Å². The van der Waals surface area contributed by atoms with E-state index in [0.717, 1.165) is 175 Å². The van der Waals surface area contributed by atoms with E-state index >= 15 is 0 Å². The van der Waals surface area contributed by atoms with Gasteiger partial charge in [0.2, 0.25) is 0 Å². The highest BCUT2D eigenvalue weighted by molar-refractivity contribution is 7.60. The van der Waals surface area contributed by atoms with Gasteiger partial charge in [0.15, 0.2) is 0 Å². The summed E-state index contributed by atoms with van der Waals surface area (Å²) in [5, 5.41) is 106. The van der Waals surface area contributed by atoms with Crippen LogP contribution in [0.3, 0.4) is 0 Å². The van der Waals surface area contributed by atoms with Gasteiger partial charge in [0.1, 0.15) is 0 Å². The molecule has 12 aliphatic rings. The number of aliphatic hydroxyl groups is 10. The number of nitrogens with zero attached hydrogens (tertiary/aromatic N) is 14. The summed E-state index contributed by atoms with van der Waals surface area (Å²) in [4.78, 5) is 29.6. The van der Waals surface area contributed by atoms with E-state index in [9.17, 15) is 51.1 Å². The Bertz CT molecular complexity index is 6260. The molecule has 12 saturated carbocycles. The number of aryl methyl sites for hydroxylation is 1. The summed E-state index contributed by atoms with van der Waals surface area (Å²) in [6.45, 7) is 6.47. The third kappa shape index (κ3) is 26.6. The Labute approximate surface area is 902 Å². The Morgan fingerprint density at radius 3 is 0.959 bits per heavy atom. The van der Waals surface area contributed by atoms with Crippen LogP contribution < -0.4 is 0 Å². The lowest BCUT2D eigenvalue weighted by molar-refractivity contribution is 0.0260. The van der Waals surface area contributed by atoms with Crippen LogP contribution in [0, 0.1) is 48.3 Å². The van der Waals surface area contributed by atoms with Crippen LogP contribution >= 0.6 is 67.5 Å². The van der Waals surface area contributed by atoms with Gasteiger partial charge >= 0.3 is 0 Å². The largest absolute Gasteiger partial charge is 0.393 e. The molecule has 12 aliphatic carbocycles. The van der Waals surface area contributed by atoms with Crippen LogP contribution in [0.15, 0.2) is 173 Å². The highest BCUT2D eigenvalue weighted by Gasteiger charge is 2.41. The van der Waals surface area contributed by atoms with E-state index in [1.54, 1.807) is 12.7 Å². The highest BCUT2D eigenvalue weighted by atomic mass is 32.1. The number of rotatable bonds is 21. The van der Waals surface area contributed by atoms with Crippen molar-refractivity contribution in [1.82, 2.24) is 65.7 Å². The second-order valence-corrected chi connectivity index (χ2v) is 45.2. The van der Waals surface area contributed by atoms with E-state index in [-0.39, 0.29) is 128 Å². The van der Waals surface area contributed by atoms with Crippen LogP contribution in [-0.2, 0) is 0 Å². The van der Waals surface area contributed by atoms with Gasteiger partial charge in [-0.05, 0) is 345 Å². The van der Waals surface area contributed by atoms with Crippen LogP contribution in [0.1, 0.15) is 446 Å². The lowest BCUT2D eigenvalue weighted by Crippen LogP contribution is -2.26. The van der Waals surface area contributed by atoms with Gasteiger partial charge in [-0.1, -0.05) is 128 Å². The summed E-state index contributed by atoms with van der Waals surface area (Å²) >= 11 is 0. The SMILES string of the molecule is CC(C)c1ccn2cncc2c1[C@@H](O)C1CCCCC1.Cc1ccn2cncc2c1[C@@H](O)C1CCCCC1.OC1CCC([C@H](O)c2c(C3CC3)ccc3cncn23)CC1.OC1CCC([C@H](O)c2c(C3CC3)ccc3cncn23)CC1.OC1CCCC(C(O)c2c(C3CC3)ccc3cncn23)C1.O[C@@H](CC1CCCCC1)c1c(C2CC2)ccn2cncc12.O[C@H](c1c(C2CC2)ccn2cncc12)C1CCCCC1.S.S.S.S.S. The summed E-state index contributed by atoms with van der Waals surface area (Å²) in [6, 6.07) is 21.4. The molecule has 29 heteroatoms. The molecular formula is C118H166N14O10S5. The molecule has 0 aliphatic heterocycles. The predicted octanol–water partition coefficient (Wildman–Crippen LogP) is 24.3. The van der Waals surface area contributed by atoms with Crippen molar-refractivity contribution in [2.45, 2.75) is 393 Å². The van der Waals surface area contributed by atoms with Gasteiger partial charge in [-0.15, -0.1) is 0 Å². The smallest absolute Gasteiger partial charge is 0.0995 e. The topological polar surface area (TPSA) is 323 Å². The second kappa shape index (κ2) is 52.2. The first-order valence-electron chi connectivity index (χ1n) is 55.2. The van der Waals surface area contributed by atoms with Crippen molar-refractivity contribution >= 4 is 106 Å². The Hall–Kier alpha value is -7.82. The van der Waals surface area contributed by atoms with Crippen molar-refractivity contribution in [2.75, 3.05) is 0 Å². The average molecular weight is 2100 g/mol. The fourth-order valence-corrected chi connectivity index (χ4v) is 25.8. The lowest BCUT2D eigenvalue weighted by atomic mass is 9.80. The van der Waals surface area contributed by atoms with E-state index in [1.165, 1.54) is 211 Å². The van der Waals surface area contributed by atoms with E-state index in [0.29, 0.717) is 65.6 Å². The molecule has 798 valence electrons. The third-order valence-corrected chi connectivity index (χ3v) is 34.7. The van der Waals surface area contributed by atoms with E-state index < -0.39 is 18.3 Å². The Balaban J connectivity index is 0.000000128.